The lowest BCUT2D eigenvalue weighted by molar-refractivity contribution is -0.412. The van der Waals surface area contributed by atoms with Crippen LogP contribution in [0.2, 0.25) is 0 Å². The van der Waals surface area contributed by atoms with E-state index < -0.39 is 42.7 Å². The summed E-state index contributed by atoms with van der Waals surface area (Å²) >= 11 is 0. The summed E-state index contributed by atoms with van der Waals surface area (Å²) < 4.78 is 142. The highest BCUT2D eigenvalue weighted by atomic mass is 19.4. The van der Waals surface area contributed by atoms with Crippen molar-refractivity contribution in [2.45, 2.75) is 120 Å². The fourth-order valence-corrected chi connectivity index (χ4v) is 3.11. The molecule has 0 fully saturated rings. The molecule has 0 amide bonds. The topological polar surface area (TPSA) is 0 Å². The molecule has 0 aliphatic rings. The lowest BCUT2D eigenvalue weighted by Crippen LogP contribution is -2.67. The first kappa shape index (κ1) is 29.2. The molecule has 0 spiro atoms. The molecule has 0 N–H and O–H groups in total. The number of alkyl halides is 11. The molecule has 0 rings (SSSR count). The normalized spacial score (nSPS) is 16.0. The van der Waals surface area contributed by atoms with Gasteiger partial charge in [-0.05, 0) is 12.8 Å². The van der Waals surface area contributed by atoms with E-state index in [2.05, 4.69) is 6.92 Å². The average molecular weight is 466 g/mol. The van der Waals surface area contributed by atoms with E-state index in [0.29, 0.717) is 6.42 Å². The smallest absolute Gasteiger partial charge is 0.227 e. The monoisotopic (exact) mass is 466 g/mol. The molecule has 0 aliphatic carbocycles. The second-order valence-corrected chi connectivity index (χ2v) is 7.58. The van der Waals surface area contributed by atoms with Crippen LogP contribution < -0.4 is 0 Å². The standard InChI is InChI=1S/C19H29F11/c1-2-3-4-5-6-7-8-9-10-11-12-13-14-15(20,18(25,26)27)16(21,22)17(23,24)19(28,29)30/h2-14H2,1H3. The molecule has 0 bridgehead atoms. The van der Waals surface area contributed by atoms with Gasteiger partial charge in [-0.3, -0.25) is 0 Å². The fraction of sp³-hybridized carbons (Fsp3) is 1.00. The summed E-state index contributed by atoms with van der Waals surface area (Å²) in [5, 5.41) is 0. The van der Waals surface area contributed by atoms with Crippen LogP contribution in [-0.4, -0.2) is 29.9 Å². The minimum atomic E-state index is -7.17. The van der Waals surface area contributed by atoms with Gasteiger partial charge in [-0.25, -0.2) is 4.39 Å². The highest BCUT2D eigenvalue weighted by Gasteiger charge is 2.85. The predicted molar refractivity (Wildman–Crippen MR) is 91.5 cm³/mol. The molecule has 0 nitrogen and oxygen atoms in total. The summed E-state index contributed by atoms with van der Waals surface area (Å²) in [6.07, 6.45) is -8.03. The van der Waals surface area contributed by atoms with Crippen molar-refractivity contribution in [3.8, 4) is 0 Å². The van der Waals surface area contributed by atoms with Crippen LogP contribution in [0.15, 0.2) is 0 Å². The number of hydrogen-bond donors (Lipinski definition) is 0. The van der Waals surface area contributed by atoms with Crippen molar-refractivity contribution in [2.24, 2.45) is 0 Å². The predicted octanol–water partition coefficient (Wildman–Crippen LogP) is 9.18. The first-order valence-electron chi connectivity index (χ1n) is 10.1. The number of rotatable bonds is 15. The van der Waals surface area contributed by atoms with Gasteiger partial charge in [0.25, 0.3) is 5.67 Å². The van der Waals surface area contributed by atoms with Gasteiger partial charge in [0.1, 0.15) is 0 Å². The Kier molecular flexibility index (Phi) is 11.4. The highest BCUT2D eigenvalue weighted by Crippen LogP contribution is 2.58. The van der Waals surface area contributed by atoms with Crippen LogP contribution in [0.3, 0.4) is 0 Å². The minimum absolute atomic E-state index is 0.189. The van der Waals surface area contributed by atoms with Gasteiger partial charge in [0.2, 0.25) is 0 Å². The average Bonchev–Trinajstić information content (AvgIpc) is 2.60. The second kappa shape index (κ2) is 11.7. The Hall–Kier alpha value is -0.770. The Labute approximate surface area is 169 Å². The van der Waals surface area contributed by atoms with Crippen molar-refractivity contribution in [3.63, 3.8) is 0 Å². The molecular weight excluding hydrogens is 437 g/mol. The molecule has 0 heterocycles. The number of hydrogen-bond acceptors (Lipinski definition) is 0. The third-order valence-electron chi connectivity index (χ3n) is 5.07. The Morgan fingerprint density at radius 1 is 0.400 bits per heavy atom. The molecule has 0 aromatic carbocycles. The number of halogens is 11. The first-order valence-corrected chi connectivity index (χ1v) is 10.1. The van der Waals surface area contributed by atoms with E-state index in [1.807, 2.05) is 0 Å². The SMILES string of the molecule is CCCCCCCCCCCCCCC(F)(C(F)(F)F)C(F)(F)C(F)(F)C(F)(F)F. The molecule has 1 atom stereocenters. The molecule has 0 radical (unpaired) electrons. The third kappa shape index (κ3) is 7.43. The molecule has 0 aliphatic heterocycles. The van der Waals surface area contributed by atoms with Crippen molar-refractivity contribution in [2.75, 3.05) is 0 Å². The summed E-state index contributed by atoms with van der Waals surface area (Å²) in [6.45, 7) is 2.09. The lowest BCUT2D eigenvalue weighted by Gasteiger charge is -2.39. The van der Waals surface area contributed by atoms with E-state index in [9.17, 15) is 48.3 Å². The zero-order valence-electron chi connectivity index (χ0n) is 16.8. The fourth-order valence-electron chi connectivity index (χ4n) is 3.11. The van der Waals surface area contributed by atoms with Crippen LogP contribution in [0.1, 0.15) is 90.4 Å². The van der Waals surface area contributed by atoms with Gasteiger partial charge in [-0.2, -0.15) is 43.9 Å². The van der Waals surface area contributed by atoms with Crippen molar-refractivity contribution in [1.82, 2.24) is 0 Å². The van der Waals surface area contributed by atoms with Crippen molar-refractivity contribution in [1.29, 1.82) is 0 Å². The third-order valence-corrected chi connectivity index (χ3v) is 5.07. The zero-order chi connectivity index (χ0) is 23.7. The molecule has 11 heteroatoms. The number of unbranched alkanes of at least 4 members (excludes halogenated alkanes) is 11. The quantitative estimate of drug-likeness (QED) is 0.167. The van der Waals surface area contributed by atoms with E-state index in [0.717, 1.165) is 51.4 Å². The van der Waals surface area contributed by atoms with E-state index in [4.69, 9.17) is 0 Å². The van der Waals surface area contributed by atoms with Crippen molar-refractivity contribution < 1.29 is 48.3 Å². The maximum Gasteiger partial charge on any atom is 0.460 e. The van der Waals surface area contributed by atoms with E-state index in [1.54, 1.807) is 0 Å². The summed E-state index contributed by atoms with van der Waals surface area (Å²) in [7, 11) is 0. The largest absolute Gasteiger partial charge is 0.460 e. The maximum atomic E-state index is 14.1. The lowest BCUT2D eigenvalue weighted by atomic mass is 9.86. The van der Waals surface area contributed by atoms with Gasteiger partial charge >= 0.3 is 24.2 Å². The van der Waals surface area contributed by atoms with Crippen LogP contribution in [0.5, 0.6) is 0 Å². The maximum absolute atomic E-state index is 14.1. The summed E-state index contributed by atoms with van der Waals surface area (Å²) in [6, 6.07) is 0. The molecule has 0 aromatic rings. The van der Waals surface area contributed by atoms with Gasteiger partial charge in [0, 0.05) is 0 Å². The van der Waals surface area contributed by atoms with Crippen LogP contribution in [0.4, 0.5) is 48.3 Å². The Balaban J connectivity index is 4.58. The van der Waals surface area contributed by atoms with Gasteiger partial charge in [0.05, 0.1) is 0 Å². The summed E-state index contributed by atoms with van der Waals surface area (Å²) in [5.41, 5.74) is -5.99. The van der Waals surface area contributed by atoms with Gasteiger partial charge < -0.3 is 0 Å². The van der Waals surface area contributed by atoms with Crippen molar-refractivity contribution >= 4 is 0 Å². The van der Waals surface area contributed by atoms with E-state index >= 15 is 0 Å². The second-order valence-electron chi connectivity index (χ2n) is 7.58. The molecule has 1 unspecified atom stereocenters. The van der Waals surface area contributed by atoms with Crippen LogP contribution >= 0.6 is 0 Å². The Bertz CT molecular complexity index is 468. The summed E-state index contributed by atoms with van der Waals surface area (Å²) in [5.74, 6) is -14.2. The molecule has 30 heavy (non-hydrogen) atoms. The van der Waals surface area contributed by atoms with Crippen LogP contribution in [0, 0.1) is 0 Å². The van der Waals surface area contributed by atoms with Crippen LogP contribution in [-0.2, 0) is 0 Å². The molecule has 0 saturated carbocycles. The van der Waals surface area contributed by atoms with Crippen molar-refractivity contribution in [3.05, 3.63) is 0 Å². The van der Waals surface area contributed by atoms with E-state index in [1.165, 1.54) is 0 Å². The van der Waals surface area contributed by atoms with Gasteiger partial charge in [0.15, 0.2) is 0 Å². The summed E-state index contributed by atoms with van der Waals surface area (Å²) in [4.78, 5) is 0. The Morgan fingerprint density at radius 2 is 0.733 bits per heavy atom. The zero-order valence-corrected chi connectivity index (χ0v) is 16.8. The van der Waals surface area contributed by atoms with Gasteiger partial charge in [-0.1, -0.05) is 77.6 Å². The van der Waals surface area contributed by atoms with E-state index in [-0.39, 0.29) is 12.8 Å². The molecular formula is C19H29F11. The minimum Gasteiger partial charge on any atom is -0.227 e. The first-order chi connectivity index (χ1) is 13.6. The Morgan fingerprint density at radius 3 is 1.03 bits per heavy atom. The molecule has 0 saturated heterocycles. The highest BCUT2D eigenvalue weighted by molar-refractivity contribution is 5.08. The van der Waals surface area contributed by atoms with Gasteiger partial charge in [-0.15, -0.1) is 0 Å². The molecule has 0 aromatic heterocycles. The molecule has 182 valence electrons. The van der Waals surface area contributed by atoms with Crippen LogP contribution in [0.25, 0.3) is 0 Å².